The first-order valence-corrected chi connectivity index (χ1v) is 5.28. The molecule has 12 heteroatoms. The Hall–Kier alpha value is -1.49. The SMILES string of the molecule is C=C(C)C(=O)N(C(F)(F)CC(F)(F)F)C(F)(F)CC(F)(F)F. The number of alkyl halides is 10. The minimum absolute atomic E-state index is 0.586. The average molecular weight is 349 g/mol. The van der Waals surface area contributed by atoms with Crippen molar-refractivity contribution in [3.05, 3.63) is 12.2 Å². The van der Waals surface area contributed by atoms with Crippen LogP contribution in [0.4, 0.5) is 43.9 Å². The summed E-state index contributed by atoms with van der Waals surface area (Å²) in [5.74, 6) is -2.43. The van der Waals surface area contributed by atoms with Gasteiger partial charge in [0.05, 0.1) is 0 Å². The zero-order chi connectivity index (χ0) is 18.1. The topological polar surface area (TPSA) is 20.3 Å². The summed E-state index contributed by atoms with van der Waals surface area (Å²) >= 11 is 0. The zero-order valence-corrected chi connectivity index (χ0v) is 10.8. The maximum atomic E-state index is 13.4. The Bertz CT molecular complexity index is 408. The summed E-state index contributed by atoms with van der Waals surface area (Å²) in [4.78, 5) is 9.22. The Labute approximate surface area is 117 Å². The van der Waals surface area contributed by atoms with Crippen LogP contribution in [0.2, 0.25) is 0 Å². The van der Waals surface area contributed by atoms with Gasteiger partial charge in [0.2, 0.25) is 0 Å². The van der Waals surface area contributed by atoms with E-state index in [-0.39, 0.29) is 0 Å². The van der Waals surface area contributed by atoms with Gasteiger partial charge in [-0.25, -0.2) is 4.90 Å². The molecule has 0 heterocycles. The molecule has 0 aromatic carbocycles. The number of carbonyl (C=O) groups excluding carboxylic acids is 1. The second-order valence-corrected chi connectivity index (χ2v) is 4.34. The minimum Gasteiger partial charge on any atom is -0.269 e. The first-order chi connectivity index (χ1) is 9.39. The predicted molar refractivity (Wildman–Crippen MR) is 52.9 cm³/mol. The van der Waals surface area contributed by atoms with Crippen molar-refractivity contribution < 1.29 is 48.7 Å². The summed E-state index contributed by atoms with van der Waals surface area (Å²) < 4.78 is 125. The van der Waals surface area contributed by atoms with E-state index in [4.69, 9.17) is 0 Å². The molecule has 0 aliphatic heterocycles. The lowest BCUT2D eigenvalue weighted by Gasteiger charge is -2.37. The molecule has 0 bridgehead atoms. The normalized spacial score (nSPS) is 14.0. The highest BCUT2D eigenvalue weighted by molar-refractivity contribution is 5.92. The Morgan fingerprint density at radius 3 is 1.27 bits per heavy atom. The number of amides is 1. The van der Waals surface area contributed by atoms with Gasteiger partial charge in [0.25, 0.3) is 5.91 Å². The molecule has 0 rings (SSSR count). The number of hydrogen-bond acceptors (Lipinski definition) is 1. The highest BCUT2D eigenvalue weighted by Gasteiger charge is 2.61. The molecule has 0 spiro atoms. The Morgan fingerprint density at radius 1 is 0.818 bits per heavy atom. The van der Waals surface area contributed by atoms with E-state index in [1.807, 2.05) is 0 Å². The van der Waals surface area contributed by atoms with Crippen LogP contribution in [0, 0.1) is 0 Å². The lowest BCUT2D eigenvalue weighted by Crippen LogP contribution is -2.58. The first-order valence-electron chi connectivity index (χ1n) is 5.28. The van der Waals surface area contributed by atoms with Crippen LogP contribution >= 0.6 is 0 Å². The van der Waals surface area contributed by atoms with Crippen LogP contribution in [0.25, 0.3) is 0 Å². The molecule has 0 aliphatic carbocycles. The van der Waals surface area contributed by atoms with E-state index in [1.54, 1.807) is 0 Å². The number of carbonyl (C=O) groups is 1. The molecule has 130 valence electrons. The van der Waals surface area contributed by atoms with Gasteiger partial charge < -0.3 is 0 Å². The molecule has 0 saturated heterocycles. The lowest BCUT2D eigenvalue weighted by atomic mass is 10.2. The van der Waals surface area contributed by atoms with E-state index < -0.39 is 53.7 Å². The van der Waals surface area contributed by atoms with Crippen molar-refractivity contribution in [1.82, 2.24) is 4.90 Å². The lowest BCUT2D eigenvalue weighted by molar-refractivity contribution is -0.312. The maximum absolute atomic E-state index is 13.4. The quantitative estimate of drug-likeness (QED) is 0.407. The monoisotopic (exact) mass is 349 g/mol. The van der Waals surface area contributed by atoms with Crippen LogP contribution in [0.1, 0.15) is 19.8 Å². The summed E-state index contributed by atoms with van der Waals surface area (Å²) in [6.07, 6.45) is -17.9. The maximum Gasteiger partial charge on any atom is 0.396 e. The van der Waals surface area contributed by atoms with Crippen molar-refractivity contribution in [1.29, 1.82) is 0 Å². The van der Waals surface area contributed by atoms with Gasteiger partial charge in [0.1, 0.15) is 12.8 Å². The molecule has 2 nitrogen and oxygen atoms in total. The zero-order valence-electron chi connectivity index (χ0n) is 10.8. The van der Waals surface area contributed by atoms with E-state index in [9.17, 15) is 48.7 Å². The van der Waals surface area contributed by atoms with E-state index in [0.717, 1.165) is 0 Å². The van der Waals surface area contributed by atoms with Crippen molar-refractivity contribution >= 4 is 5.91 Å². The summed E-state index contributed by atoms with van der Waals surface area (Å²) in [5, 5.41) is 0. The second kappa shape index (κ2) is 5.95. The first kappa shape index (κ1) is 20.5. The molecule has 0 aliphatic rings. The third-order valence-corrected chi connectivity index (χ3v) is 2.05. The number of hydrogen-bond donors (Lipinski definition) is 0. The molecular formula is C10H9F10NO. The second-order valence-electron chi connectivity index (χ2n) is 4.34. The fourth-order valence-corrected chi connectivity index (χ4v) is 1.37. The molecule has 1 amide bonds. The number of halogens is 10. The highest BCUT2D eigenvalue weighted by Crippen LogP contribution is 2.43. The molecule has 0 radical (unpaired) electrons. The van der Waals surface area contributed by atoms with Crippen molar-refractivity contribution in [2.24, 2.45) is 0 Å². The molecule has 0 atom stereocenters. The van der Waals surface area contributed by atoms with Crippen LogP contribution in [-0.2, 0) is 4.79 Å². The van der Waals surface area contributed by atoms with Crippen molar-refractivity contribution in [3.8, 4) is 0 Å². The van der Waals surface area contributed by atoms with Crippen molar-refractivity contribution in [3.63, 3.8) is 0 Å². The third kappa shape index (κ3) is 6.10. The molecule has 0 aromatic heterocycles. The fourth-order valence-electron chi connectivity index (χ4n) is 1.37. The summed E-state index contributed by atoms with van der Waals surface area (Å²) in [5.41, 5.74) is -1.08. The van der Waals surface area contributed by atoms with Crippen LogP contribution in [-0.4, -0.2) is 35.3 Å². The van der Waals surface area contributed by atoms with Crippen LogP contribution in [0.15, 0.2) is 12.2 Å². The Morgan fingerprint density at radius 2 is 1.09 bits per heavy atom. The molecular weight excluding hydrogens is 340 g/mol. The van der Waals surface area contributed by atoms with Crippen LogP contribution in [0.5, 0.6) is 0 Å². The third-order valence-electron chi connectivity index (χ3n) is 2.05. The molecule has 0 saturated carbocycles. The van der Waals surface area contributed by atoms with E-state index in [1.165, 1.54) is 0 Å². The molecule has 0 unspecified atom stereocenters. The number of rotatable bonds is 5. The fraction of sp³-hybridized carbons (Fsp3) is 0.700. The van der Waals surface area contributed by atoms with Crippen LogP contribution in [0.3, 0.4) is 0 Å². The smallest absolute Gasteiger partial charge is 0.269 e. The van der Waals surface area contributed by atoms with Crippen molar-refractivity contribution in [2.45, 2.75) is 44.2 Å². The summed E-state index contributed by atoms with van der Waals surface area (Å²) in [6.45, 7) is 3.26. The van der Waals surface area contributed by atoms with E-state index in [0.29, 0.717) is 6.92 Å². The van der Waals surface area contributed by atoms with Gasteiger partial charge in [-0.2, -0.15) is 43.9 Å². The van der Waals surface area contributed by atoms with Gasteiger partial charge in [-0.15, -0.1) is 0 Å². The van der Waals surface area contributed by atoms with E-state index in [2.05, 4.69) is 6.58 Å². The van der Waals surface area contributed by atoms with Gasteiger partial charge in [0, 0.05) is 5.57 Å². The summed E-state index contributed by atoms with van der Waals surface area (Å²) in [6, 6.07) is -11.2. The van der Waals surface area contributed by atoms with E-state index >= 15 is 0 Å². The summed E-state index contributed by atoms with van der Waals surface area (Å²) in [7, 11) is 0. The average Bonchev–Trinajstić information content (AvgIpc) is 2.06. The Kier molecular flexibility index (Phi) is 5.55. The Balaban J connectivity index is 5.85. The predicted octanol–water partition coefficient (Wildman–Crippen LogP) is 4.48. The van der Waals surface area contributed by atoms with Gasteiger partial charge in [0.15, 0.2) is 0 Å². The molecule has 22 heavy (non-hydrogen) atoms. The van der Waals surface area contributed by atoms with Crippen LogP contribution < -0.4 is 0 Å². The largest absolute Gasteiger partial charge is 0.396 e. The van der Waals surface area contributed by atoms with Gasteiger partial charge in [-0.05, 0) is 6.92 Å². The highest BCUT2D eigenvalue weighted by atomic mass is 19.4. The van der Waals surface area contributed by atoms with Gasteiger partial charge in [-0.1, -0.05) is 6.58 Å². The molecule has 0 N–H and O–H groups in total. The standard InChI is InChI=1S/C10H9F10NO/c1-5(2)6(22)21(9(17,18)3-7(11,12)13)10(19,20)4-8(14,15)16/h1,3-4H2,2H3. The number of nitrogens with zero attached hydrogens (tertiary/aromatic N) is 1. The molecule has 0 fully saturated rings. The van der Waals surface area contributed by atoms with Gasteiger partial charge in [-0.3, -0.25) is 4.79 Å². The minimum atomic E-state index is -5.70. The van der Waals surface area contributed by atoms with Gasteiger partial charge >= 0.3 is 24.4 Å². The molecule has 0 aromatic rings. The van der Waals surface area contributed by atoms with Crippen molar-refractivity contribution in [2.75, 3.05) is 0 Å².